The fourth-order valence-corrected chi connectivity index (χ4v) is 3.04. The first-order valence-corrected chi connectivity index (χ1v) is 8.91. The summed E-state index contributed by atoms with van der Waals surface area (Å²) < 4.78 is 5.51. The summed E-state index contributed by atoms with van der Waals surface area (Å²) >= 11 is 0. The van der Waals surface area contributed by atoms with Gasteiger partial charge in [0.05, 0.1) is 6.61 Å². The van der Waals surface area contributed by atoms with Crippen LogP contribution < -0.4 is 10.5 Å². The van der Waals surface area contributed by atoms with Crippen molar-refractivity contribution < 1.29 is 14.3 Å². The van der Waals surface area contributed by atoms with Gasteiger partial charge in [0.15, 0.2) is 5.78 Å². The predicted molar refractivity (Wildman–Crippen MR) is 94.2 cm³/mol. The molecule has 1 fully saturated rings. The average Bonchev–Trinajstić information content (AvgIpc) is 2.64. The molecule has 0 aliphatic carbocycles. The topological polar surface area (TPSA) is 72.6 Å². The largest absolute Gasteiger partial charge is 0.494 e. The lowest BCUT2D eigenvalue weighted by molar-refractivity contribution is -0.134. The Morgan fingerprint density at radius 2 is 1.96 bits per heavy atom. The number of carbonyl (C=O) groups is 2. The van der Waals surface area contributed by atoms with E-state index in [1.165, 1.54) is 0 Å². The number of nitrogens with zero attached hydrogens (tertiary/aromatic N) is 1. The van der Waals surface area contributed by atoms with Crippen LogP contribution in [0.2, 0.25) is 0 Å². The molecular formula is C19H28N2O3. The van der Waals surface area contributed by atoms with Crippen molar-refractivity contribution in [2.45, 2.75) is 51.5 Å². The van der Waals surface area contributed by atoms with Crippen LogP contribution in [0.5, 0.6) is 5.75 Å². The summed E-state index contributed by atoms with van der Waals surface area (Å²) in [7, 11) is 0. The van der Waals surface area contributed by atoms with E-state index in [-0.39, 0.29) is 30.6 Å². The zero-order chi connectivity index (χ0) is 17.4. The zero-order valence-corrected chi connectivity index (χ0v) is 14.5. The molecule has 0 aromatic heterocycles. The number of carbonyl (C=O) groups excluding carboxylic acids is 2. The predicted octanol–water partition coefficient (Wildman–Crippen LogP) is 2.78. The summed E-state index contributed by atoms with van der Waals surface area (Å²) in [5.41, 5.74) is 6.38. The van der Waals surface area contributed by atoms with E-state index in [4.69, 9.17) is 10.5 Å². The lowest BCUT2D eigenvalue weighted by Gasteiger charge is -2.35. The number of ether oxygens (including phenoxy) is 1. The maximum atomic E-state index is 12.4. The third-order valence-electron chi connectivity index (χ3n) is 4.43. The third kappa shape index (κ3) is 5.06. The van der Waals surface area contributed by atoms with Crippen LogP contribution in [0.1, 0.15) is 55.8 Å². The van der Waals surface area contributed by atoms with Gasteiger partial charge >= 0.3 is 0 Å². The van der Waals surface area contributed by atoms with Crippen molar-refractivity contribution in [2.75, 3.05) is 19.7 Å². The molecule has 0 saturated carbocycles. The van der Waals surface area contributed by atoms with Crippen LogP contribution in [0, 0.1) is 0 Å². The van der Waals surface area contributed by atoms with Crippen molar-refractivity contribution in [3.8, 4) is 5.75 Å². The summed E-state index contributed by atoms with van der Waals surface area (Å²) in [4.78, 5) is 26.5. The molecule has 132 valence electrons. The summed E-state index contributed by atoms with van der Waals surface area (Å²) in [6.45, 7) is 3.98. The molecule has 2 rings (SSSR count). The summed E-state index contributed by atoms with van der Waals surface area (Å²) in [6.07, 6.45) is 4.55. The van der Waals surface area contributed by atoms with Crippen LogP contribution >= 0.6 is 0 Å². The van der Waals surface area contributed by atoms with Crippen LogP contribution in [0.4, 0.5) is 0 Å². The van der Waals surface area contributed by atoms with Gasteiger partial charge in [-0.05, 0) is 49.9 Å². The number of hydrogen-bond donors (Lipinski definition) is 1. The molecule has 0 spiro atoms. The number of Topliss-reactive ketones (excluding diaryl/α,β-unsaturated/α-hetero) is 1. The Hall–Kier alpha value is -1.88. The number of piperidine rings is 1. The van der Waals surface area contributed by atoms with Gasteiger partial charge in [-0.1, -0.05) is 6.92 Å². The minimum absolute atomic E-state index is 0.00769. The normalized spacial score (nSPS) is 17.6. The molecular weight excluding hydrogens is 304 g/mol. The number of ketones is 1. The van der Waals surface area contributed by atoms with E-state index in [2.05, 4.69) is 0 Å². The van der Waals surface area contributed by atoms with Crippen molar-refractivity contribution in [2.24, 2.45) is 5.73 Å². The monoisotopic (exact) mass is 332 g/mol. The molecule has 1 aliphatic heterocycles. The Balaban J connectivity index is 1.84. The number of nitrogens with two attached hydrogens (primary N) is 1. The molecule has 1 heterocycles. The SMILES string of the molecule is CCCOc1ccc(C(=O)CCC(=O)N2CCCCC2CN)cc1. The van der Waals surface area contributed by atoms with Gasteiger partial charge in [0, 0.05) is 37.5 Å². The van der Waals surface area contributed by atoms with Gasteiger partial charge in [-0.25, -0.2) is 0 Å². The number of hydrogen-bond acceptors (Lipinski definition) is 4. The molecule has 1 unspecified atom stereocenters. The van der Waals surface area contributed by atoms with Crippen molar-refractivity contribution in [1.29, 1.82) is 0 Å². The number of likely N-dealkylation sites (tertiary alicyclic amines) is 1. The molecule has 1 aliphatic rings. The molecule has 1 aromatic rings. The van der Waals surface area contributed by atoms with Gasteiger partial charge in [0.2, 0.25) is 5.91 Å². The van der Waals surface area contributed by atoms with E-state index in [9.17, 15) is 9.59 Å². The fraction of sp³-hybridized carbons (Fsp3) is 0.579. The third-order valence-corrected chi connectivity index (χ3v) is 4.43. The highest BCUT2D eigenvalue weighted by Gasteiger charge is 2.25. The van der Waals surface area contributed by atoms with Gasteiger partial charge in [0.25, 0.3) is 0 Å². The van der Waals surface area contributed by atoms with E-state index in [1.54, 1.807) is 24.3 Å². The van der Waals surface area contributed by atoms with Crippen molar-refractivity contribution in [3.63, 3.8) is 0 Å². The molecule has 5 heteroatoms. The van der Waals surface area contributed by atoms with E-state index in [0.717, 1.165) is 38.0 Å². The number of amides is 1. The van der Waals surface area contributed by atoms with Gasteiger partial charge in [-0.2, -0.15) is 0 Å². The maximum Gasteiger partial charge on any atom is 0.223 e. The highest BCUT2D eigenvalue weighted by atomic mass is 16.5. The van der Waals surface area contributed by atoms with E-state index in [1.807, 2.05) is 11.8 Å². The van der Waals surface area contributed by atoms with Gasteiger partial charge < -0.3 is 15.4 Å². The van der Waals surface area contributed by atoms with Crippen LogP contribution in [0.3, 0.4) is 0 Å². The first-order chi connectivity index (χ1) is 11.7. The van der Waals surface area contributed by atoms with Crippen LogP contribution in [-0.4, -0.2) is 42.3 Å². The fourth-order valence-electron chi connectivity index (χ4n) is 3.04. The van der Waals surface area contributed by atoms with E-state index >= 15 is 0 Å². The van der Waals surface area contributed by atoms with Crippen molar-refractivity contribution in [1.82, 2.24) is 4.90 Å². The minimum Gasteiger partial charge on any atom is -0.494 e. The van der Waals surface area contributed by atoms with E-state index < -0.39 is 0 Å². The quantitative estimate of drug-likeness (QED) is 0.743. The molecule has 24 heavy (non-hydrogen) atoms. The smallest absolute Gasteiger partial charge is 0.223 e. The van der Waals surface area contributed by atoms with Gasteiger partial charge in [-0.3, -0.25) is 9.59 Å². The lowest BCUT2D eigenvalue weighted by atomic mass is 10.0. The highest BCUT2D eigenvalue weighted by molar-refractivity contribution is 5.98. The molecule has 0 radical (unpaired) electrons. The second-order valence-corrected chi connectivity index (χ2v) is 6.27. The standard InChI is InChI=1S/C19H28N2O3/c1-2-13-24-17-8-6-15(7-9-17)18(22)10-11-19(23)21-12-4-3-5-16(21)14-20/h6-9,16H,2-5,10-14,20H2,1H3. The Morgan fingerprint density at radius 3 is 2.62 bits per heavy atom. The van der Waals surface area contributed by atoms with Crippen molar-refractivity contribution in [3.05, 3.63) is 29.8 Å². The number of benzene rings is 1. The maximum absolute atomic E-state index is 12.4. The molecule has 5 nitrogen and oxygen atoms in total. The highest BCUT2D eigenvalue weighted by Crippen LogP contribution is 2.19. The summed E-state index contributed by atoms with van der Waals surface area (Å²) in [5, 5.41) is 0. The van der Waals surface area contributed by atoms with Gasteiger partial charge in [-0.15, -0.1) is 0 Å². The Morgan fingerprint density at radius 1 is 1.21 bits per heavy atom. The second kappa shape index (κ2) is 9.42. The van der Waals surface area contributed by atoms with Crippen LogP contribution in [0.15, 0.2) is 24.3 Å². The first kappa shape index (κ1) is 18.5. The second-order valence-electron chi connectivity index (χ2n) is 6.27. The minimum atomic E-state index is -0.00769. The first-order valence-electron chi connectivity index (χ1n) is 8.91. The Kier molecular flexibility index (Phi) is 7.25. The van der Waals surface area contributed by atoms with Gasteiger partial charge in [0.1, 0.15) is 5.75 Å². The van der Waals surface area contributed by atoms with Crippen LogP contribution in [0.25, 0.3) is 0 Å². The molecule has 2 N–H and O–H groups in total. The average molecular weight is 332 g/mol. The zero-order valence-electron chi connectivity index (χ0n) is 14.5. The van der Waals surface area contributed by atoms with Crippen LogP contribution in [-0.2, 0) is 4.79 Å². The van der Waals surface area contributed by atoms with E-state index in [0.29, 0.717) is 18.7 Å². The molecule has 1 atom stereocenters. The number of rotatable bonds is 8. The van der Waals surface area contributed by atoms with Crippen molar-refractivity contribution >= 4 is 11.7 Å². The summed E-state index contributed by atoms with van der Waals surface area (Å²) in [5.74, 6) is 0.802. The lowest BCUT2D eigenvalue weighted by Crippen LogP contribution is -2.47. The molecule has 1 aromatic carbocycles. The molecule has 0 bridgehead atoms. The Bertz CT molecular complexity index is 542. The summed E-state index contributed by atoms with van der Waals surface area (Å²) in [6, 6.07) is 7.28. The Labute approximate surface area is 144 Å². The molecule has 1 amide bonds. The molecule has 1 saturated heterocycles.